The topological polar surface area (TPSA) is 87.5 Å². The van der Waals surface area contributed by atoms with Crippen LogP contribution in [-0.4, -0.2) is 45.3 Å². The van der Waals surface area contributed by atoms with Gasteiger partial charge in [0.1, 0.15) is 22.9 Å². The van der Waals surface area contributed by atoms with Crippen LogP contribution in [0.2, 0.25) is 0 Å². The number of aliphatic hydroxyl groups excluding tert-OH is 1. The number of hydrogen-bond acceptors (Lipinski definition) is 5. The van der Waals surface area contributed by atoms with E-state index in [9.17, 15) is 27.9 Å². The molecule has 10 heteroatoms. The molecule has 1 amide bonds. The molecule has 1 spiro atoms. The number of nitrogens with zero attached hydrogens (tertiary/aromatic N) is 3. The van der Waals surface area contributed by atoms with Crippen LogP contribution in [0, 0.1) is 28.8 Å². The predicted octanol–water partition coefficient (Wildman–Crippen LogP) is 3.05. The summed E-state index contributed by atoms with van der Waals surface area (Å²) >= 11 is 0. The van der Waals surface area contributed by atoms with Gasteiger partial charge >= 0.3 is 0 Å². The van der Waals surface area contributed by atoms with Crippen LogP contribution < -0.4 is 15.6 Å². The molecule has 1 aromatic carbocycles. The molecule has 3 aromatic rings. The summed E-state index contributed by atoms with van der Waals surface area (Å²) in [4.78, 5) is 32.9. The number of nitrogens with one attached hydrogen (secondary N) is 1. The molecule has 1 saturated heterocycles. The highest BCUT2D eigenvalue weighted by Gasteiger charge is 2.57. The molecular formula is C26H23F3N4O3. The number of anilines is 1. The molecule has 4 saturated carbocycles. The molecule has 1 aliphatic heterocycles. The molecule has 1 unspecified atom stereocenters. The summed E-state index contributed by atoms with van der Waals surface area (Å²) in [5, 5.41) is 13.4. The highest BCUT2D eigenvalue weighted by molar-refractivity contribution is 5.98. The van der Waals surface area contributed by atoms with Crippen molar-refractivity contribution in [2.24, 2.45) is 11.3 Å². The second-order valence-electron chi connectivity index (χ2n) is 11.0. The van der Waals surface area contributed by atoms with E-state index in [0.29, 0.717) is 37.0 Å². The van der Waals surface area contributed by atoms with Crippen molar-refractivity contribution >= 4 is 22.8 Å². The lowest BCUT2D eigenvalue weighted by atomic mass is 9.50. The van der Waals surface area contributed by atoms with E-state index in [1.165, 1.54) is 6.07 Å². The second-order valence-corrected chi connectivity index (χ2v) is 11.0. The summed E-state index contributed by atoms with van der Waals surface area (Å²) in [5.41, 5.74) is -2.03. The first-order valence-electron chi connectivity index (χ1n) is 12.1. The van der Waals surface area contributed by atoms with E-state index in [1.807, 2.05) is 4.90 Å². The number of rotatable bonds is 4. The van der Waals surface area contributed by atoms with Gasteiger partial charge in [0.15, 0.2) is 17.3 Å². The van der Waals surface area contributed by atoms with Crippen LogP contribution in [0.3, 0.4) is 0 Å². The smallest absolute Gasteiger partial charge is 0.257 e. The normalized spacial score (nSPS) is 27.2. The molecule has 2 bridgehead atoms. The summed E-state index contributed by atoms with van der Waals surface area (Å²) in [6, 6.07) is 4.18. The first-order valence-corrected chi connectivity index (χ1v) is 12.1. The van der Waals surface area contributed by atoms with Crippen LogP contribution in [-0.2, 0) is 0 Å². The largest absolute Gasteiger partial charge is 0.391 e. The van der Waals surface area contributed by atoms with Crippen LogP contribution in [0.5, 0.6) is 0 Å². The fourth-order valence-corrected chi connectivity index (χ4v) is 6.18. The molecule has 2 aromatic heterocycles. The Morgan fingerprint density at radius 1 is 1.11 bits per heavy atom. The van der Waals surface area contributed by atoms with Crippen molar-refractivity contribution in [2.75, 3.05) is 18.0 Å². The number of aliphatic hydroxyl groups is 1. The van der Waals surface area contributed by atoms with Crippen LogP contribution in [0.4, 0.5) is 19.0 Å². The van der Waals surface area contributed by atoms with Gasteiger partial charge in [-0.05, 0) is 50.2 Å². The Bertz CT molecular complexity index is 1490. The maximum absolute atomic E-state index is 14.9. The second kappa shape index (κ2) is 7.09. The van der Waals surface area contributed by atoms with Gasteiger partial charge in [-0.3, -0.25) is 14.2 Å². The number of hydrogen-bond donors (Lipinski definition) is 2. The molecule has 2 N–H and O–H groups in total. The van der Waals surface area contributed by atoms with Gasteiger partial charge < -0.3 is 15.3 Å². The number of benzene rings is 1. The van der Waals surface area contributed by atoms with E-state index in [0.717, 1.165) is 42.9 Å². The maximum atomic E-state index is 14.9. The Morgan fingerprint density at radius 3 is 2.39 bits per heavy atom. The Balaban J connectivity index is 1.39. The molecule has 36 heavy (non-hydrogen) atoms. The number of amides is 1. The fraction of sp³-hybridized carbons (Fsp3) is 0.423. The van der Waals surface area contributed by atoms with E-state index in [1.54, 1.807) is 6.07 Å². The monoisotopic (exact) mass is 496 g/mol. The molecule has 7 nitrogen and oxygen atoms in total. The zero-order valence-electron chi connectivity index (χ0n) is 19.2. The number of carbonyl (C=O) groups is 1. The highest BCUT2D eigenvalue weighted by atomic mass is 19.1. The quantitative estimate of drug-likeness (QED) is 0.580. The van der Waals surface area contributed by atoms with E-state index >= 15 is 0 Å². The summed E-state index contributed by atoms with van der Waals surface area (Å²) in [6.07, 6.45) is 4.97. The number of carbonyl (C=O) groups excluding carboxylic acids is 1. The van der Waals surface area contributed by atoms with Crippen molar-refractivity contribution in [3.05, 3.63) is 63.7 Å². The van der Waals surface area contributed by atoms with E-state index < -0.39 is 40.6 Å². The third kappa shape index (κ3) is 3.06. The van der Waals surface area contributed by atoms with Crippen molar-refractivity contribution in [3.8, 4) is 5.69 Å². The zero-order valence-corrected chi connectivity index (χ0v) is 19.2. The number of fused-ring (bicyclic) bond motifs is 1. The number of β-amino-alcohol motifs (C(OH)–C–C–N with tert-alkyl or cyclic N) is 1. The third-order valence-electron chi connectivity index (χ3n) is 8.54. The van der Waals surface area contributed by atoms with Gasteiger partial charge in [0, 0.05) is 42.4 Å². The maximum Gasteiger partial charge on any atom is 0.257 e. The van der Waals surface area contributed by atoms with Crippen LogP contribution in [0.1, 0.15) is 42.5 Å². The molecule has 5 aliphatic rings. The minimum absolute atomic E-state index is 0.00741. The van der Waals surface area contributed by atoms with Crippen molar-refractivity contribution in [1.29, 1.82) is 0 Å². The molecule has 3 heterocycles. The summed E-state index contributed by atoms with van der Waals surface area (Å²) < 4.78 is 44.5. The Labute approximate surface area is 203 Å². The molecule has 0 radical (unpaired) electrons. The van der Waals surface area contributed by atoms with Gasteiger partial charge in [-0.15, -0.1) is 0 Å². The molecule has 5 fully saturated rings. The average molecular weight is 496 g/mol. The van der Waals surface area contributed by atoms with E-state index in [2.05, 4.69) is 10.3 Å². The van der Waals surface area contributed by atoms with Gasteiger partial charge in [-0.25, -0.2) is 18.2 Å². The third-order valence-corrected chi connectivity index (χ3v) is 8.54. The van der Waals surface area contributed by atoms with Gasteiger partial charge in [0.2, 0.25) is 5.43 Å². The SMILES string of the molecule is O=C(NC12CC(C1)C2)c1cn(-c2c(F)cc(F)cc2F)c2nc(N3CC(O)C4(CC4)C3)ccc2c1=O. The summed E-state index contributed by atoms with van der Waals surface area (Å²) in [5.74, 6) is -3.04. The molecular weight excluding hydrogens is 473 g/mol. The average Bonchev–Trinajstić information content (AvgIpc) is 3.48. The molecule has 8 rings (SSSR count). The Kier molecular flexibility index (Phi) is 4.30. The van der Waals surface area contributed by atoms with Crippen LogP contribution in [0.25, 0.3) is 16.7 Å². The van der Waals surface area contributed by atoms with Gasteiger partial charge in [-0.1, -0.05) is 0 Å². The van der Waals surface area contributed by atoms with E-state index in [-0.39, 0.29) is 27.6 Å². The van der Waals surface area contributed by atoms with Crippen molar-refractivity contribution < 1.29 is 23.1 Å². The van der Waals surface area contributed by atoms with Gasteiger partial charge in [-0.2, -0.15) is 0 Å². The summed E-state index contributed by atoms with van der Waals surface area (Å²) in [6.45, 7) is 0.936. The standard InChI is InChI=1S/C26H23F3N4O3/c27-14-5-17(28)21(18(29)6-14)33-10-16(24(36)31-26-7-13(8-26)9-26)22(35)15-1-2-20(30-23(15)33)32-11-19(34)25(12-32)3-4-25/h1-2,5-6,10,13,19,34H,3-4,7-9,11-12H2,(H,31,36). The first-order chi connectivity index (χ1) is 17.2. The Morgan fingerprint density at radius 2 is 1.81 bits per heavy atom. The van der Waals surface area contributed by atoms with Gasteiger partial charge in [0.05, 0.1) is 11.5 Å². The summed E-state index contributed by atoms with van der Waals surface area (Å²) in [7, 11) is 0. The van der Waals surface area contributed by atoms with Crippen LogP contribution in [0.15, 0.2) is 35.3 Å². The van der Waals surface area contributed by atoms with Crippen molar-refractivity contribution in [2.45, 2.75) is 43.7 Å². The lowest BCUT2D eigenvalue weighted by Crippen LogP contribution is -2.68. The fourth-order valence-electron chi connectivity index (χ4n) is 6.18. The van der Waals surface area contributed by atoms with Gasteiger partial charge in [0.25, 0.3) is 5.91 Å². The zero-order chi connectivity index (χ0) is 25.0. The minimum Gasteiger partial charge on any atom is -0.391 e. The van der Waals surface area contributed by atoms with E-state index in [4.69, 9.17) is 0 Å². The number of aromatic nitrogens is 2. The van der Waals surface area contributed by atoms with Crippen LogP contribution >= 0.6 is 0 Å². The lowest BCUT2D eigenvalue weighted by Gasteiger charge is -2.61. The number of halogens is 3. The Hall–Kier alpha value is -3.40. The molecule has 4 aliphatic carbocycles. The van der Waals surface area contributed by atoms with Crippen molar-refractivity contribution in [1.82, 2.24) is 14.9 Å². The first kappa shape index (κ1) is 21.8. The molecule has 1 atom stereocenters. The lowest BCUT2D eigenvalue weighted by molar-refractivity contribution is -0.0438. The van der Waals surface area contributed by atoms with Crippen molar-refractivity contribution in [3.63, 3.8) is 0 Å². The highest BCUT2D eigenvalue weighted by Crippen LogP contribution is 2.57. The molecule has 186 valence electrons. The predicted molar refractivity (Wildman–Crippen MR) is 125 cm³/mol. The minimum atomic E-state index is -1.19. The number of pyridine rings is 2.